The summed E-state index contributed by atoms with van der Waals surface area (Å²) in [6.45, 7) is 16.2. The molecule has 170 valence electrons. The second-order valence-corrected chi connectivity index (χ2v) is 7.75. The van der Waals surface area contributed by atoms with Crippen LogP contribution in [0.25, 0.3) is 0 Å². The highest BCUT2D eigenvalue weighted by molar-refractivity contribution is 8.03. The van der Waals surface area contributed by atoms with Gasteiger partial charge in [0.15, 0.2) is 0 Å². The number of thioether (sulfide) groups is 1. The van der Waals surface area contributed by atoms with E-state index >= 15 is 0 Å². The summed E-state index contributed by atoms with van der Waals surface area (Å²) in [6, 6.07) is 10.3. The van der Waals surface area contributed by atoms with E-state index in [0.717, 1.165) is 44.3 Å². The van der Waals surface area contributed by atoms with Gasteiger partial charge in [0.25, 0.3) is 0 Å². The number of pyridine rings is 1. The molecule has 6 heteroatoms. The summed E-state index contributed by atoms with van der Waals surface area (Å²) in [5.41, 5.74) is 6.43. The molecule has 0 atom stereocenters. The predicted octanol–water partition coefficient (Wildman–Crippen LogP) is 6.11. The van der Waals surface area contributed by atoms with Gasteiger partial charge in [-0.15, -0.1) is 0 Å². The number of nitrogens with zero attached hydrogens (tertiary/aromatic N) is 2. The minimum atomic E-state index is 0.434. The highest BCUT2D eigenvalue weighted by Gasteiger charge is 2.20. The van der Waals surface area contributed by atoms with Gasteiger partial charge in [0.05, 0.1) is 23.7 Å². The summed E-state index contributed by atoms with van der Waals surface area (Å²) in [4.78, 5) is 26.5. The number of fused-ring (bicyclic) bond motifs is 1. The lowest BCUT2D eigenvalue weighted by atomic mass is 10.0. The Morgan fingerprint density at radius 1 is 1.22 bits per heavy atom. The molecule has 0 saturated carbocycles. The summed E-state index contributed by atoms with van der Waals surface area (Å²) in [5, 5.41) is 0. The number of allylic oxidation sites excluding steroid dienone is 4. The number of carbonyl (C=O) groups excluding carboxylic acids is 1. The van der Waals surface area contributed by atoms with Crippen LogP contribution >= 0.6 is 11.8 Å². The Morgan fingerprint density at radius 3 is 2.50 bits per heavy atom. The molecule has 5 nitrogen and oxygen atoms in total. The van der Waals surface area contributed by atoms with E-state index in [9.17, 15) is 4.79 Å². The molecule has 1 aromatic carbocycles. The van der Waals surface area contributed by atoms with Crippen LogP contribution in [0.15, 0.2) is 81.3 Å². The molecule has 0 aliphatic carbocycles. The summed E-state index contributed by atoms with van der Waals surface area (Å²) in [6.07, 6.45) is 6.17. The highest BCUT2D eigenvalue weighted by Crippen LogP contribution is 2.37. The number of nitrogens with two attached hydrogens (primary N) is 1. The number of hydrogen-bond acceptors (Lipinski definition) is 6. The van der Waals surface area contributed by atoms with E-state index in [-0.39, 0.29) is 0 Å². The van der Waals surface area contributed by atoms with Crippen molar-refractivity contribution in [1.29, 1.82) is 0 Å². The largest absolute Gasteiger partial charge is 0.305 e. The Labute approximate surface area is 196 Å². The fraction of sp³-hybridized carbons (Fsp3) is 0.269. The third-order valence-electron chi connectivity index (χ3n) is 4.25. The molecular weight excluding hydrogens is 418 g/mol. The fourth-order valence-corrected chi connectivity index (χ4v) is 3.65. The van der Waals surface area contributed by atoms with Crippen LogP contribution < -0.4 is 5.90 Å². The van der Waals surface area contributed by atoms with E-state index in [4.69, 9.17) is 4.99 Å². The van der Waals surface area contributed by atoms with Gasteiger partial charge in [0.2, 0.25) is 0 Å². The Kier molecular flexibility index (Phi) is 12.2. The first-order valence-electron chi connectivity index (χ1n) is 10.6. The number of aldehydes is 1. The van der Waals surface area contributed by atoms with Crippen molar-refractivity contribution in [3.8, 4) is 0 Å². The van der Waals surface area contributed by atoms with Crippen LogP contribution in [0.4, 0.5) is 0 Å². The van der Waals surface area contributed by atoms with Crippen molar-refractivity contribution in [2.24, 2.45) is 10.9 Å². The van der Waals surface area contributed by atoms with Crippen LogP contribution in [-0.2, 0) is 9.63 Å². The molecule has 0 fully saturated rings. The Morgan fingerprint density at radius 2 is 1.91 bits per heavy atom. The zero-order chi connectivity index (χ0) is 24.1. The maximum Gasteiger partial charge on any atom is 0.149 e. The maximum atomic E-state index is 10.8. The average Bonchev–Trinajstić information content (AvgIpc) is 2.95. The zero-order valence-corrected chi connectivity index (χ0v) is 20.6. The van der Waals surface area contributed by atoms with Crippen LogP contribution in [-0.4, -0.2) is 23.6 Å². The minimum absolute atomic E-state index is 0.434. The lowest BCUT2D eigenvalue weighted by Crippen LogP contribution is -2.09. The normalized spacial score (nSPS) is 12.5. The number of carbonyl (C=O) groups is 1. The van der Waals surface area contributed by atoms with Crippen molar-refractivity contribution in [2.45, 2.75) is 46.4 Å². The van der Waals surface area contributed by atoms with Crippen molar-refractivity contribution >= 4 is 23.8 Å². The first-order valence-corrected chi connectivity index (χ1v) is 11.4. The first-order chi connectivity index (χ1) is 15.4. The summed E-state index contributed by atoms with van der Waals surface area (Å²) in [5.74, 6) is 4.53. The standard InChI is InChI=1S/C22H20N2OS.C2H7NO.C2H6/c1-14-7-10-20-18(12-14)22(21-16(3)6-5-11-23-21)24-17(4)19(26-20)9-8-15(2)13-25;1-2-4-3;1-2/h5-13H,2H2,1,3-4H3;2-3H2,1H3;1-2H3/b9-8-;;. The summed E-state index contributed by atoms with van der Waals surface area (Å²) >= 11 is 1.64. The van der Waals surface area contributed by atoms with E-state index in [1.54, 1.807) is 24.0 Å². The molecule has 1 aliphatic rings. The minimum Gasteiger partial charge on any atom is -0.305 e. The number of aryl methyl sites for hydroxylation is 2. The van der Waals surface area contributed by atoms with Gasteiger partial charge in [0.1, 0.15) is 6.29 Å². The molecule has 2 aromatic rings. The second-order valence-electron chi connectivity index (χ2n) is 6.66. The molecule has 0 radical (unpaired) electrons. The van der Waals surface area contributed by atoms with Crippen molar-refractivity contribution in [3.05, 3.63) is 93.8 Å². The molecule has 0 bridgehead atoms. The molecule has 32 heavy (non-hydrogen) atoms. The summed E-state index contributed by atoms with van der Waals surface area (Å²) < 4.78 is 0. The van der Waals surface area contributed by atoms with Gasteiger partial charge in [-0.1, -0.05) is 56.0 Å². The lowest BCUT2D eigenvalue weighted by molar-refractivity contribution is -0.104. The van der Waals surface area contributed by atoms with Crippen LogP contribution in [0.1, 0.15) is 50.1 Å². The smallest absolute Gasteiger partial charge is 0.149 e. The highest BCUT2D eigenvalue weighted by atomic mass is 32.2. The molecule has 1 aliphatic heterocycles. The van der Waals surface area contributed by atoms with Crippen LogP contribution in [0.2, 0.25) is 0 Å². The van der Waals surface area contributed by atoms with Crippen molar-refractivity contribution in [3.63, 3.8) is 0 Å². The molecule has 0 spiro atoms. The van der Waals surface area contributed by atoms with Gasteiger partial charge >= 0.3 is 0 Å². The number of hydrogen-bond donors (Lipinski definition) is 1. The third-order valence-corrected chi connectivity index (χ3v) is 5.47. The monoisotopic (exact) mass is 451 g/mol. The lowest BCUT2D eigenvalue weighted by Gasteiger charge is -2.11. The van der Waals surface area contributed by atoms with Crippen molar-refractivity contribution in [2.75, 3.05) is 6.61 Å². The van der Waals surface area contributed by atoms with Gasteiger partial charge < -0.3 is 4.84 Å². The molecular formula is C26H33N3O2S. The second kappa shape index (κ2) is 14.3. The number of aromatic nitrogens is 1. The molecule has 3 rings (SSSR count). The maximum absolute atomic E-state index is 10.8. The van der Waals surface area contributed by atoms with E-state index in [1.165, 1.54) is 5.56 Å². The van der Waals surface area contributed by atoms with E-state index in [0.29, 0.717) is 12.2 Å². The van der Waals surface area contributed by atoms with Crippen LogP contribution in [0.5, 0.6) is 0 Å². The Hall–Kier alpha value is -2.80. The van der Waals surface area contributed by atoms with Crippen molar-refractivity contribution in [1.82, 2.24) is 4.98 Å². The molecule has 0 saturated heterocycles. The van der Waals surface area contributed by atoms with Gasteiger partial charge in [-0.25, -0.2) is 10.9 Å². The number of aliphatic imine (C=N–C) groups is 1. The number of rotatable bonds is 5. The zero-order valence-electron chi connectivity index (χ0n) is 19.8. The van der Waals surface area contributed by atoms with E-state index in [2.05, 4.69) is 47.4 Å². The molecule has 1 aromatic heterocycles. The van der Waals surface area contributed by atoms with Gasteiger partial charge in [-0.3, -0.25) is 9.78 Å². The topological polar surface area (TPSA) is 77.6 Å². The Balaban J connectivity index is 0.000000769. The third kappa shape index (κ3) is 7.71. The predicted molar refractivity (Wildman–Crippen MR) is 136 cm³/mol. The van der Waals surface area contributed by atoms with E-state index in [1.807, 2.05) is 52.8 Å². The van der Waals surface area contributed by atoms with Crippen molar-refractivity contribution < 1.29 is 9.63 Å². The van der Waals surface area contributed by atoms with Gasteiger partial charge in [-0.05, 0) is 57.5 Å². The van der Waals surface area contributed by atoms with Gasteiger partial charge in [0, 0.05) is 27.1 Å². The number of benzene rings is 1. The quantitative estimate of drug-likeness (QED) is 0.257. The molecule has 0 unspecified atom stereocenters. The van der Waals surface area contributed by atoms with Gasteiger partial charge in [-0.2, -0.15) is 0 Å². The molecule has 2 heterocycles. The summed E-state index contributed by atoms with van der Waals surface area (Å²) in [7, 11) is 0. The van der Waals surface area contributed by atoms with Crippen LogP contribution in [0.3, 0.4) is 0 Å². The molecule has 0 amide bonds. The SMILES string of the molecule is C=C(C=O)/C=C\C1=C(C)N=C(c2ncccc2C)c2cc(C)ccc2S1.CC.CCON. The first kappa shape index (κ1) is 27.2. The van der Waals surface area contributed by atoms with E-state index < -0.39 is 0 Å². The Bertz CT molecular complexity index is 1020. The van der Waals surface area contributed by atoms with Crippen LogP contribution in [0, 0.1) is 13.8 Å². The fourth-order valence-electron chi connectivity index (χ4n) is 2.68. The molecule has 2 N–H and O–H groups in total. The average molecular weight is 452 g/mol.